The number of thiophene rings is 1. The van der Waals surface area contributed by atoms with Crippen molar-refractivity contribution in [1.29, 1.82) is 0 Å². The number of pyridine rings is 1. The Kier molecular flexibility index (Phi) is 5.45. The second-order valence-corrected chi connectivity index (χ2v) is 6.38. The number of nitrogens with one attached hydrogen (secondary N) is 1. The number of aromatic nitrogens is 2. The van der Waals surface area contributed by atoms with Crippen LogP contribution in [0.25, 0.3) is 10.6 Å². The molecule has 0 saturated heterocycles. The summed E-state index contributed by atoms with van der Waals surface area (Å²) < 4.78 is 5.23. The molecule has 7 heteroatoms. The maximum absolute atomic E-state index is 12.2. The molecule has 0 saturated carbocycles. The summed E-state index contributed by atoms with van der Waals surface area (Å²) in [5.74, 6) is 1.28. The zero-order valence-corrected chi connectivity index (χ0v) is 15.0. The van der Waals surface area contributed by atoms with E-state index < -0.39 is 0 Å². The Balaban J connectivity index is 1.59. The Bertz CT molecular complexity index is 808. The van der Waals surface area contributed by atoms with Gasteiger partial charge >= 0.3 is 0 Å². The third-order valence-corrected chi connectivity index (χ3v) is 4.74. The van der Waals surface area contributed by atoms with Crippen molar-refractivity contribution in [3.05, 3.63) is 53.2 Å². The lowest BCUT2D eigenvalue weighted by atomic mass is 10.2. The summed E-state index contributed by atoms with van der Waals surface area (Å²) in [6.45, 7) is 6.42. The van der Waals surface area contributed by atoms with Crippen LogP contribution in [0.4, 0.5) is 5.82 Å². The van der Waals surface area contributed by atoms with Crippen LogP contribution in [0.15, 0.2) is 46.4 Å². The van der Waals surface area contributed by atoms with E-state index in [4.69, 9.17) is 4.52 Å². The number of hydrogen-bond donors (Lipinski definition) is 1. The Morgan fingerprint density at radius 1 is 1.28 bits per heavy atom. The highest BCUT2D eigenvalue weighted by molar-refractivity contribution is 7.13. The van der Waals surface area contributed by atoms with Gasteiger partial charge in [0.25, 0.3) is 5.91 Å². The molecular formula is C18H20N4O2S. The van der Waals surface area contributed by atoms with Crippen LogP contribution >= 0.6 is 11.3 Å². The predicted molar refractivity (Wildman–Crippen MR) is 98.8 cm³/mol. The van der Waals surface area contributed by atoms with Crippen LogP contribution in [0.5, 0.6) is 0 Å². The summed E-state index contributed by atoms with van der Waals surface area (Å²) in [6, 6.07) is 9.45. The lowest BCUT2D eigenvalue weighted by Gasteiger charge is -2.19. The minimum Gasteiger partial charge on any atom is -0.357 e. The summed E-state index contributed by atoms with van der Waals surface area (Å²) in [4.78, 5) is 19.8. The van der Waals surface area contributed by atoms with Gasteiger partial charge in [0, 0.05) is 31.9 Å². The van der Waals surface area contributed by atoms with Gasteiger partial charge in [0.05, 0.1) is 4.88 Å². The molecule has 0 fully saturated rings. The van der Waals surface area contributed by atoms with Crippen molar-refractivity contribution in [2.75, 3.05) is 18.0 Å². The Labute approximate surface area is 150 Å². The molecule has 3 rings (SSSR count). The van der Waals surface area contributed by atoms with Gasteiger partial charge in [-0.2, -0.15) is 0 Å². The van der Waals surface area contributed by atoms with Crippen molar-refractivity contribution >= 4 is 23.1 Å². The molecule has 25 heavy (non-hydrogen) atoms. The first kappa shape index (κ1) is 17.2. The van der Waals surface area contributed by atoms with E-state index in [0.29, 0.717) is 12.3 Å². The maximum Gasteiger partial charge on any atom is 0.273 e. The molecule has 1 N–H and O–H groups in total. The van der Waals surface area contributed by atoms with Gasteiger partial charge in [-0.1, -0.05) is 17.3 Å². The molecule has 3 aromatic rings. The summed E-state index contributed by atoms with van der Waals surface area (Å²) >= 11 is 1.54. The van der Waals surface area contributed by atoms with Crippen LogP contribution in [0.1, 0.15) is 29.9 Å². The van der Waals surface area contributed by atoms with Crippen molar-refractivity contribution in [2.45, 2.75) is 20.4 Å². The van der Waals surface area contributed by atoms with E-state index in [2.05, 4.69) is 34.2 Å². The zero-order chi connectivity index (χ0) is 17.6. The summed E-state index contributed by atoms with van der Waals surface area (Å²) in [5.41, 5.74) is 1.21. The zero-order valence-electron chi connectivity index (χ0n) is 14.2. The topological polar surface area (TPSA) is 71.3 Å². The first-order chi connectivity index (χ1) is 12.2. The van der Waals surface area contributed by atoms with Gasteiger partial charge in [-0.3, -0.25) is 4.79 Å². The van der Waals surface area contributed by atoms with Crippen LogP contribution < -0.4 is 10.2 Å². The summed E-state index contributed by atoms with van der Waals surface area (Å²) in [6.07, 6.45) is 1.79. The number of carbonyl (C=O) groups is 1. The standard InChI is InChI=1S/C18H20N4O2S/c1-3-22(4-2)17-8-7-13(11-19-17)12-20-18(23)14-10-15(24-21-14)16-6-5-9-25-16/h5-11H,3-4,12H2,1-2H3,(H,20,23). The molecule has 0 unspecified atom stereocenters. The predicted octanol–water partition coefficient (Wildman–Crippen LogP) is 3.57. The van der Waals surface area contributed by atoms with Crippen molar-refractivity contribution < 1.29 is 9.32 Å². The van der Waals surface area contributed by atoms with E-state index in [1.807, 2.05) is 29.6 Å². The molecule has 0 atom stereocenters. The quantitative estimate of drug-likeness (QED) is 0.701. The maximum atomic E-state index is 12.2. The third-order valence-electron chi connectivity index (χ3n) is 3.86. The highest BCUT2D eigenvalue weighted by Gasteiger charge is 2.14. The fraction of sp³-hybridized carbons (Fsp3) is 0.278. The van der Waals surface area contributed by atoms with Gasteiger partial charge in [-0.25, -0.2) is 4.98 Å². The highest BCUT2D eigenvalue weighted by atomic mass is 32.1. The average Bonchev–Trinajstić information content (AvgIpc) is 3.33. The fourth-order valence-corrected chi connectivity index (χ4v) is 3.12. The third kappa shape index (κ3) is 4.06. The number of nitrogens with zero attached hydrogens (tertiary/aromatic N) is 3. The number of carbonyl (C=O) groups excluding carboxylic acids is 1. The molecule has 0 radical (unpaired) electrons. The molecule has 6 nitrogen and oxygen atoms in total. The molecule has 3 aromatic heterocycles. The van der Waals surface area contributed by atoms with E-state index in [1.165, 1.54) is 0 Å². The molecule has 0 spiro atoms. The second kappa shape index (κ2) is 7.94. The number of rotatable bonds is 7. The van der Waals surface area contributed by atoms with E-state index in [1.54, 1.807) is 23.6 Å². The Hall–Kier alpha value is -2.67. The van der Waals surface area contributed by atoms with E-state index >= 15 is 0 Å². The Morgan fingerprint density at radius 2 is 2.12 bits per heavy atom. The molecule has 3 heterocycles. The van der Waals surface area contributed by atoms with Gasteiger partial charge in [-0.05, 0) is 36.9 Å². The second-order valence-electron chi connectivity index (χ2n) is 5.43. The van der Waals surface area contributed by atoms with Crippen molar-refractivity contribution in [3.8, 4) is 10.6 Å². The van der Waals surface area contributed by atoms with Gasteiger partial charge < -0.3 is 14.7 Å². The van der Waals surface area contributed by atoms with Gasteiger partial charge in [0.15, 0.2) is 11.5 Å². The largest absolute Gasteiger partial charge is 0.357 e. The van der Waals surface area contributed by atoms with Gasteiger partial charge in [-0.15, -0.1) is 11.3 Å². The molecule has 0 aliphatic carbocycles. The minimum atomic E-state index is -0.264. The molecule has 0 bridgehead atoms. The average molecular weight is 356 g/mol. The van der Waals surface area contributed by atoms with Crippen molar-refractivity contribution in [3.63, 3.8) is 0 Å². The van der Waals surface area contributed by atoms with Crippen LogP contribution in [0.3, 0.4) is 0 Å². The van der Waals surface area contributed by atoms with E-state index in [9.17, 15) is 4.79 Å². The van der Waals surface area contributed by atoms with Crippen molar-refractivity contribution in [2.24, 2.45) is 0 Å². The van der Waals surface area contributed by atoms with Crippen LogP contribution in [0.2, 0.25) is 0 Å². The first-order valence-corrected chi connectivity index (χ1v) is 9.08. The minimum absolute atomic E-state index is 0.264. The molecular weight excluding hydrogens is 336 g/mol. The number of anilines is 1. The number of hydrogen-bond acceptors (Lipinski definition) is 6. The molecule has 0 aliphatic rings. The Morgan fingerprint density at radius 3 is 2.76 bits per heavy atom. The van der Waals surface area contributed by atoms with Crippen LogP contribution in [0, 0.1) is 0 Å². The van der Waals surface area contributed by atoms with Crippen LogP contribution in [-0.4, -0.2) is 29.1 Å². The molecule has 130 valence electrons. The monoisotopic (exact) mass is 356 g/mol. The van der Waals surface area contributed by atoms with E-state index in [-0.39, 0.29) is 11.6 Å². The van der Waals surface area contributed by atoms with Gasteiger partial charge in [0.2, 0.25) is 0 Å². The normalized spacial score (nSPS) is 10.6. The highest BCUT2D eigenvalue weighted by Crippen LogP contribution is 2.25. The van der Waals surface area contributed by atoms with Crippen molar-refractivity contribution in [1.82, 2.24) is 15.5 Å². The SMILES string of the molecule is CCN(CC)c1ccc(CNC(=O)c2cc(-c3cccs3)on2)cn1. The van der Waals surface area contributed by atoms with Gasteiger partial charge in [0.1, 0.15) is 5.82 Å². The lowest BCUT2D eigenvalue weighted by Crippen LogP contribution is -2.24. The molecule has 0 aromatic carbocycles. The first-order valence-electron chi connectivity index (χ1n) is 8.20. The molecule has 0 aliphatic heterocycles. The molecule has 1 amide bonds. The smallest absolute Gasteiger partial charge is 0.273 e. The number of amides is 1. The van der Waals surface area contributed by atoms with Crippen LogP contribution in [-0.2, 0) is 6.54 Å². The summed E-state index contributed by atoms with van der Waals surface area (Å²) in [7, 11) is 0. The summed E-state index contributed by atoms with van der Waals surface area (Å²) in [5, 5.41) is 8.63. The van der Waals surface area contributed by atoms with E-state index in [0.717, 1.165) is 29.3 Å². The lowest BCUT2D eigenvalue weighted by molar-refractivity contribution is 0.0942. The fourth-order valence-electron chi connectivity index (χ4n) is 2.45.